The van der Waals surface area contributed by atoms with E-state index < -0.39 is 5.63 Å². The van der Waals surface area contributed by atoms with Gasteiger partial charge in [-0.1, -0.05) is 30.3 Å². The lowest BCUT2D eigenvalue weighted by molar-refractivity contribution is 0.415. The third-order valence-corrected chi connectivity index (χ3v) is 5.66. The Labute approximate surface area is 181 Å². The molecular weight excluding hydrogens is 410 g/mol. The number of nitrogens with zero attached hydrogens (tertiary/aromatic N) is 2. The maximum Gasteiger partial charge on any atom is 0.345 e. The normalized spacial score (nSPS) is 11.4. The average molecular weight is 427 g/mol. The van der Waals surface area contributed by atoms with Crippen molar-refractivity contribution in [2.45, 2.75) is 0 Å². The molecule has 0 atom stereocenters. The Morgan fingerprint density at radius 2 is 1.90 bits per heavy atom. The number of hydrogen-bond donors (Lipinski definition) is 1. The Morgan fingerprint density at radius 1 is 1.06 bits per heavy atom. The number of methoxy groups -OCH3 is 1. The molecule has 0 aliphatic carbocycles. The number of aromatic nitrogens is 1. The van der Waals surface area contributed by atoms with E-state index in [-0.39, 0.29) is 0 Å². The minimum atomic E-state index is -0.415. The molecule has 0 spiro atoms. The molecule has 0 fully saturated rings. The summed E-state index contributed by atoms with van der Waals surface area (Å²) in [7, 11) is 1.63. The quantitative estimate of drug-likeness (QED) is 0.173. The van der Waals surface area contributed by atoms with E-state index in [1.807, 2.05) is 72.1 Å². The first-order chi connectivity index (χ1) is 15.2. The molecule has 0 amide bonds. The average Bonchev–Trinajstić information content (AvgIpc) is 3.27. The zero-order valence-corrected chi connectivity index (χ0v) is 17.3. The van der Waals surface area contributed by atoms with Crippen molar-refractivity contribution in [1.29, 1.82) is 0 Å². The van der Waals surface area contributed by atoms with Gasteiger partial charge < -0.3 is 9.15 Å². The fourth-order valence-electron chi connectivity index (χ4n) is 3.35. The third kappa shape index (κ3) is 3.78. The molecule has 0 aliphatic heterocycles. The summed E-state index contributed by atoms with van der Waals surface area (Å²) in [5.74, 6) is 0.789. The molecule has 0 radical (unpaired) electrons. The Balaban J connectivity index is 1.43. The summed E-state index contributed by atoms with van der Waals surface area (Å²) in [6.07, 6.45) is 1.69. The summed E-state index contributed by atoms with van der Waals surface area (Å²) in [5, 5.41) is 9.61. The largest absolute Gasteiger partial charge is 0.497 e. The molecule has 6 nitrogen and oxygen atoms in total. The molecule has 2 heterocycles. The number of hydrazone groups is 1. The van der Waals surface area contributed by atoms with Crippen LogP contribution in [0.1, 0.15) is 5.56 Å². The van der Waals surface area contributed by atoms with Gasteiger partial charge in [0, 0.05) is 10.8 Å². The molecular formula is C24H17N3O3S. The van der Waals surface area contributed by atoms with Crippen LogP contribution in [0.5, 0.6) is 5.75 Å². The molecule has 152 valence electrons. The Hall–Kier alpha value is -3.97. The summed E-state index contributed by atoms with van der Waals surface area (Å²) in [5.41, 5.74) is 4.95. The van der Waals surface area contributed by atoms with Crippen molar-refractivity contribution < 1.29 is 9.15 Å². The van der Waals surface area contributed by atoms with Crippen LogP contribution < -0.4 is 15.8 Å². The smallest absolute Gasteiger partial charge is 0.345 e. The number of hydrogen-bond acceptors (Lipinski definition) is 7. The third-order valence-electron chi connectivity index (χ3n) is 4.91. The lowest BCUT2D eigenvalue weighted by Gasteiger charge is -2.04. The minimum Gasteiger partial charge on any atom is -0.497 e. The minimum absolute atomic E-state index is 0.415. The van der Waals surface area contributed by atoms with Crippen LogP contribution in [-0.2, 0) is 0 Å². The van der Waals surface area contributed by atoms with E-state index >= 15 is 0 Å². The van der Waals surface area contributed by atoms with Crippen LogP contribution in [0.25, 0.3) is 33.0 Å². The highest BCUT2D eigenvalue weighted by Crippen LogP contribution is 2.29. The maximum atomic E-state index is 12.6. The Bertz CT molecular complexity index is 1470. The van der Waals surface area contributed by atoms with Crippen molar-refractivity contribution in [3.63, 3.8) is 0 Å². The van der Waals surface area contributed by atoms with Crippen molar-refractivity contribution in [3.8, 4) is 17.0 Å². The first kappa shape index (κ1) is 19.0. The molecule has 31 heavy (non-hydrogen) atoms. The Morgan fingerprint density at radius 3 is 2.74 bits per heavy atom. The highest BCUT2D eigenvalue weighted by Gasteiger charge is 2.13. The van der Waals surface area contributed by atoms with Crippen LogP contribution in [0.2, 0.25) is 0 Å². The van der Waals surface area contributed by atoms with Gasteiger partial charge in [0.25, 0.3) is 0 Å². The number of fused-ring (bicyclic) bond motifs is 3. The number of rotatable bonds is 5. The van der Waals surface area contributed by atoms with E-state index in [0.29, 0.717) is 22.0 Å². The molecule has 1 N–H and O–H groups in total. The number of anilines is 1. The van der Waals surface area contributed by atoms with Crippen LogP contribution in [0.3, 0.4) is 0 Å². The standard InChI is InChI=1S/C24H17N3O3S/c1-29-17-9-6-15(7-10-17)13-25-27-24-26-21(14-31-24)20-12-19-18-5-3-2-4-16(18)8-11-22(19)30-23(20)28/h2-14H,1H3,(H,26,27). The predicted octanol–water partition coefficient (Wildman–Crippen LogP) is 5.52. The van der Waals surface area contributed by atoms with Gasteiger partial charge in [0.15, 0.2) is 0 Å². The van der Waals surface area contributed by atoms with Gasteiger partial charge in [0.2, 0.25) is 5.13 Å². The molecule has 0 saturated heterocycles. The summed E-state index contributed by atoms with van der Waals surface area (Å²) in [6, 6.07) is 21.2. The van der Waals surface area contributed by atoms with E-state index in [1.54, 1.807) is 13.3 Å². The molecule has 7 heteroatoms. The number of benzene rings is 3. The second-order valence-electron chi connectivity index (χ2n) is 6.83. The van der Waals surface area contributed by atoms with E-state index in [4.69, 9.17) is 9.15 Å². The van der Waals surface area contributed by atoms with Crippen LogP contribution in [-0.4, -0.2) is 18.3 Å². The number of thiazole rings is 1. The van der Waals surface area contributed by atoms with Gasteiger partial charge >= 0.3 is 5.63 Å². The predicted molar refractivity (Wildman–Crippen MR) is 125 cm³/mol. The van der Waals surface area contributed by atoms with Crippen molar-refractivity contribution in [2.24, 2.45) is 5.10 Å². The monoisotopic (exact) mass is 427 g/mol. The SMILES string of the molecule is COc1ccc(C=NNc2nc(-c3cc4c(ccc5ccccc54)oc3=O)cs2)cc1. The maximum absolute atomic E-state index is 12.6. The van der Waals surface area contributed by atoms with Gasteiger partial charge in [-0.25, -0.2) is 9.78 Å². The summed E-state index contributed by atoms with van der Waals surface area (Å²) in [4.78, 5) is 17.1. The van der Waals surface area contributed by atoms with Gasteiger partial charge in [0.05, 0.1) is 24.6 Å². The molecule has 5 rings (SSSR count). The first-order valence-electron chi connectivity index (χ1n) is 9.56. The molecule has 0 unspecified atom stereocenters. The van der Waals surface area contributed by atoms with E-state index in [2.05, 4.69) is 15.5 Å². The van der Waals surface area contributed by atoms with Crippen LogP contribution in [0.4, 0.5) is 5.13 Å². The second-order valence-corrected chi connectivity index (χ2v) is 7.69. The van der Waals surface area contributed by atoms with Crippen LogP contribution >= 0.6 is 11.3 Å². The lowest BCUT2D eigenvalue weighted by atomic mass is 10.0. The molecule has 2 aromatic heterocycles. The van der Waals surface area contributed by atoms with Crippen LogP contribution in [0, 0.1) is 0 Å². The van der Waals surface area contributed by atoms with Crippen LogP contribution in [0.15, 0.2) is 86.4 Å². The highest BCUT2D eigenvalue weighted by atomic mass is 32.1. The van der Waals surface area contributed by atoms with Crippen molar-refractivity contribution >= 4 is 44.4 Å². The van der Waals surface area contributed by atoms with Gasteiger partial charge in [-0.05, 0) is 52.7 Å². The van der Waals surface area contributed by atoms with Gasteiger partial charge in [-0.2, -0.15) is 5.10 Å². The fraction of sp³-hybridized carbons (Fsp3) is 0.0417. The van der Waals surface area contributed by atoms with Crippen molar-refractivity contribution in [1.82, 2.24) is 4.98 Å². The fourth-order valence-corrected chi connectivity index (χ4v) is 4.01. The van der Waals surface area contributed by atoms with E-state index in [9.17, 15) is 4.79 Å². The zero-order chi connectivity index (χ0) is 21.2. The molecule has 0 aliphatic rings. The van der Waals surface area contributed by atoms with Crippen molar-refractivity contribution in [3.05, 3.63) is 88.1 Å². The molecule has 3 aromatic carbocycles. The van der Waals surface area contributed by atoms with Gasteiger partial charge in [-0.3, -0.25) is 5.43 Å². The molecule has 5 aromatic rings. The van der Waals surface area contributed by atoms with Crippen molar-refractivity contribution in [2.75, 3.05) is 12.5 Å². The summed E-state index contributed by atoms with van der Waals surface area (Å²) >= 11 is 1.37. The number of ether oxygens (including phenoxy) is 1. The van der Waals surface area contributed by atoms with E-state index in [1.165, 1.54) is 11.3 Å². The number of nitrogens with one attached hydrogen (secondary N) is 1. The van der Waals surface area contributed by atoms with E-state index in [0.717, 1.165) is 27.5 Å². The van der Waals surface area contributed by atoms with Gasteiger partial charge in [0.1, 0.15) is 11.3 Å². The lowest BCUT2D eigenvalue weighted by Crippen LogP contribution is -2.03. The second kappa shape index (κ2) is 8.04. The first-order valence-corrected chi connectivity index (χ1v) is 10.4. The topological polar surface area (TPSA) is 76.7 Å². The molecule has 0 saturated carbocycles. The molecule has 0 bridgehead atoms. The van der Waals surface area contributed by atoms with Gasteiger partial charge in [-0.15, -0.1) is 11.3 Å². The summed E-state index contributed by atoms with van der Waals surface area (Å²) < 4.78 is 10.7. The summed E-state index contributed by atoms with van der Waals surface area (Å²) in [6.45, 7) is 0. The highest BCUT2D eigenvalue weighted by molar-refractivity contribution is 7.14. The zero-order valence-electron chi connectivity index (χ0n) is 16.5. The Kier molecular flexibility index (Phi) is 4.93.